The Morgan fingerprint density at radius 2 is 1.42 bits per heavy atom. The summed E-state index contributed by atoms with van der Waals surface area (Å²) < 4.78 is 75.2. The van der Waals surface area contributed by atoms with E-state index in [9.17, 15) is 23.2 Å². The molecule has 0 aromatic carbocycles. The molecule has 0 spiro atoms. The van der Waals surface area contributed by atoms with E-state index in [-0.39, 0.29) is 48.6 Å². The normalized spacial score (nSPS) is 13.3. The van der Waals surface area contributed by atoms with Crippen LogP contribution in [0.25, 0.3) is 22.0 Å². The van der Waals surface area contributed by atoms with Crippen LogP contribution >= 0.6 is 11.3 Å². The molecule has 1 aliphatic rings. The summed E-state index contributed by atoms with van der Waals surface area (Å²) in [5.74, 6) is -2.66. The van der Waals surface area contributed by atoms with E-state index in [4.69, 9.17) is 37.9 Å². The Hall–Kier alpha value is -4.97. The molecule has 0 radical (unpaired) electrons. The third kappa shape index (κ3) is 17.9. The summed E-state index contributed by atoms with van der Waals surface area (Å²) in [6.45, 7) is 10.1. The number of hydrogen-bond acceptors (Lipinski definition) is 16. The molecule has 2 N–H and O–H groups in total. The van der Waals surface area contributed by atoms with Crippen LogP contribution in [0.4, 0.5) is 19.3 Å². The summed E-state index contributed by atoms with van der Waals surface area (Å²) in [5, 5.41) is 16.2. The smallest absolute Gasteiger partial charge is 0.407 e. The molecule has 352 valence electrons. The zero-order chi connectivity index (χ0) is 45.6. The van der Waals surface area contributed by atoms with Gasteiger partial charge in [0.15, 0.2) is 12.5 Å². The number of alkyl carbamates (subject to hydrolysis) is 1. The summed E-state index contributed by atoms with van der Waals surface area (Å²) in [7, 11) is 0. The van der Waals surface area contributed by atoms with Crippen molar-refractivity contribution < 1.29 is 61.1 Å². The lowest BCUT2D eigenvalue weighted by Crippen LogP contribution is -2.34. The maximum Gasteiger partial charge on any atom is 0.407 e. The number of hydrogen-bond donors (Lipinski definition) is 2. The highest BCUT2D eigenvalue weighted by Crippen LogP contribution is 2.34. The van der Waals surface area contributed by atoms with Crippen LogP contribution in [0.1, 0.15) is 75.8 Å². The van der Waals surface area contributed by atoms with Crippen LogP contribution in [0, 0.1) is 11.8 Å². The van der Waals surface area contributed by atoms with E-state index in [1.54, 1.807) is 43.2 Å². The molecule has 0 aliphatic heterocycles. The van der Waals surface area contributed by atoms with Crippen molar-refractivity contribution in [2.45, 2.75) is 77.7 Å². The minimum Gasteiger partial charge on any atom is -0.444 e. The van der Waals surface area contributed by atoms with Gasteiger partial charge in [-0.2, -0.15) is 14.6 Å². The summed E-state index contributed by atoms with van der Waals surface area (Å²) >= 11 is 1.21. The van der Waals surface area contributed by atoms with E-state index in [1.807, 2.05) is 0 Å². The maximum atomic E-state index is 14.8. The van der Waals surface area contributed by atoms with Crippen LogP contribution in [0.15, 0.2) is 36.1 Å². The Balaban J connectivity index is 0.872. The number of thiazole rings is 1. The van der Waals surface area contributed by atoms with Gasteiger partial charge in [0.1, 0.15) is 27.7 Å². The molecule has 1 saturated carbocycles. The summed E-state index contributed by atoms with van der Waals surface area (Å²) in [5.41, 5.74) is 0.0964. The fourth-order valence-corrected chi connectivity index (χ4v) is 6.90. The SMILES string of the molecule is CC(C)(C)OC(=O)NCCOCCOCCOCCOCCOCCOCCC(=O)OCn1cc(-c2nc(C(=O)Nc3cn(C4CCCCC4)nc3-c3nc(F)ccc3F)cs2)cn1. The lowest BCUT2D eigenvalue weighted by molar-refractivity contribution is -0.149. The van der Waals surface area contributed by atoms with Crippen LogP contribution in [0.5, 0.6) is 0 Å². The van der Waals surface area contributed by atoms with Gasteiger partial charge < -0.3 is 48.5 Å². The molecule has 4 aromatic rings. The minimum absolute atomic E-state index is 0.0309. The van der Waals surface area contributed by atoms with Crippen molar-refractivity contribution >= 4 is 35.0 Å². The van der Waals surface area contributed by atoms with Crippen molar-refractivity contribution in [2.75, 3.05) is 91.1 Å². The molecule has 1 fully saturated rings. The van der Waals surface area contributed by atoms with Gasteiger partial charge in [-0.05, 0) is 45.7 Å². The molecular formula is C42H58F2N8O11S. The Morgan fingerprint density at radius 3 is 2.06 bits per heavy atom. The number of anilines is 1. The molecule has 1 aliphatic carbocycles. The number of carbonyl (C=O) groups excluding carboxylic acids is 3. The van der Waals surface area contributed by atoms with E-state index in [0.717, 1.165) is 44.2 Å². The molecule has 0 atom stereocenters. The van der Waals surface area contributed by atoms with Gasteiger partial charge in [0, 0.05) is 29.9 Å². The second-order valence-corrected chi connectivity index (χ2v) is 16.2. The average molecular weight is 921 g/mol. The van der Waals surface area contributed by atoms with Crippen molar-refractivity contribution in [1.29, 1.82) is 0 Å². The highest BCUT2D eigenvalue weighted by atomic mass is 32.1. The fourth-order valence-electron chi connectivity index (χ4n) is 6.12. The predicted molar refractivity (Wildman–Crippen MR) is 229 cm³/mol. The maximum absolute atomic E-state index is 14.8. The third-order valence-electron chi connectivity index (χ3n) is 9.17. The Kier molecular flexibility index (Phi) is 20.9. The first kappa shape index (κ1) is 50.0. The topological polar surface area (TPSA) is 211 Å². The molecule has 0 unspecified atom stereocenters. The van der Waals surface area contributed by atoms with Gasteiger partial charge in [-0.3, -0.25) is 14.3 Å². The second kappa shape index (κ2) is 26.7. The number of pyridine rings is 1. The Morgan fingerprint density at radius 1 is 0.797 bits per heavy atom. The largest absolute Gasteiger partial charge is 0.444 e. The number of aromatic nitrogens is 6. The van der Waals surface area contributed by atoms with Crippen molar-refractivity contribution in [3.8, 4) is 22.0 Å². The number of amides is 2. The lowest BCUT2D eigenvalue weighted by Gasteiger charge is -2.21. The van der Waals surface area contributed by atoms with Crippen molar-refractivity contribution in [1.82, 2.24) is 34.8 Å². The first-order valence-corrected chi connectivity index (χ1v) is 22.1. The predicted octanol–water partition coefficient (Wildman–Crippen LogP) is 5.82. The number of nitrogens with one attached hydrogen (secondary N) is 2. The molecule has 19 nitrogen and oxygen atoms in total. The number of halogens is 2. The standard InChI is InChI=1S/C42H58F2N8O11S/c1-42(2,3)63-41(55)45-12-14-57-16-18-59-20-22-61-24-23-60-21-19-58-17-15-56-13-11-36(53)62-29-51-26-30(25-46-51)40-48-34(28-64-40)39(54)47-33-27-52(31-7-5-4-6-8-31)50-38(33)37-32(43)9-10-35(44)49-37/h9-10,25-28,31H,4-8,11-24,29H2,1-3H3,(H,45,55)(H,47,54). The summed E-state index contributed by atoms with van der Waals surface area (Å²) in [4.78, 5) is 45.3. The zero-order valence-electron chi connectivity index (χ0n) is 36.5. The number of carbonyl (C=O) groups is 3. The molecule has 2 amide bonds. The van der Waals surface area contributed by atoms with Gasteiger partial charge in [-0.1, -0.05) is 19.3 Å². The first-order valence-electron chi connectivity index (χ1n) is 21.3. The van der Waals surface area contributed by atoms with E-state index in [1.165, 1.54) is 22.2 Å². The molecule has 64 heavy (non-hydrogen) atoms. The minimum atomic E-state index is -0.866. The van der Waals surface area contributed by atoms with Crippen molar-refractivity contribution in [2.24, 2.45) is 0 Å². The fraction of sp³-hybridized carbons (Fsp3) is 0.595. The average Bonchev–Trinajstić information content (AvgIpc) is 4.05. The molecule has 5 rings (SSSR count). The highest BCUT2D eigenvalue weighted by Gasteiger charge is 2.25. The number of rotatable bonds is 28. The number of esters is 1. The van der Waals surface area contributed by atoms with Crippen LogP contribution in [-0.4, -0.2) is 139 Å². The second-order valence-electron chi connectivity index (χ2n) is 15.4. The Bertz CT molecular complexity index is 2040. The number of ether oxygens (including phenoxy) is 8. The summed E-state index contributed by atoms with van der Waals surface area (Å²) in [6, 6.07) is 1.97. The Labute approximate surface area is 374 Å². The van der Waals surface area contributed by atoms with Crippen molar-refractivity contribution in [3.63, 3.8) is 0 Å². The van der Waals surface area contributed by atoms with Gasteiger partial charge >= 0.3 is 12.1 Å². The van der Waals surface area contributed by atoms with Gasteiger partial charge in [0.2, 0.25) is 5.95 Å². The van der Waals surface area contributed by atoms with E-state index >= 15 is 0 Å². The quantitative estimate of drug-likeness (QED) is 0.0391. The van der Waals surface area contributed by atoms with E-state index in [2.05, 4.69) is 30.8 Å². The van der Waals surface area contributed by atoms with Gasteiger partial charge in [0.05, 0.1) is 104 Å². The highest BCUT2D eigenvalue weighted by molar-refractivity contribution is 7.13. The molecular weight excluding hydrogens is 863 g/mol. The van der Waals surface area contributed by atoms with Crippen LogP contribution in [-0.2, 0) is 49.4 Å². The van der Waals surface area contributed by atoms with E-state index in [0.29, 0.717) is 89.8 Å². The molecule has 0 bridgehead atoms. The zero-order valence-corrected chi connectivity index (χ0v) is 37.3. The third-order valence-corrected chi connectivity index (χ3v) is 10.1. The van der Waals surface area contributed by atoms with Gasteiger partial charge in [-0.25, -0.2) is 23.8 Å². The van der Waals surface area contributed by atoms with Crippen LogP contribution in [0.2, 0.25) is 0 Å². The summed E-state index contributed by atoms with van der Waals surface area (Å²) in [6.07, 6.45) is 9.32. The van der Waals surface area contributed by atoms with Gasteiger partial charge in [-0.15, -0.1) is 11.3 Å². The number of nitrogens with zero attached hydrogens (tertiary/aromatic N) is 6. The molecule has 4 aromatic heterocycles. The monoisotopic (exact) mass is 920 g/mol. The molecule has 0 saturated heterocycles. The van der Waals surface area contributed by atoms with Crippen LogP contribution < -0.4 is 10.6 Å². The first-order chi connectivity index (χ1) is 30.9. The molecule has 4 heterocycles. The van der Waals surface area contributed by atoms with Crippen LogP contribution in [0.3, 0.4) is 0 Å². The van der Waals surface area contributed by atoms with E-state index < -0.39 is 35.3 Å². The van der Waals surface area contributed by atoms with Crippen molar-refractivity contribution in [3.05, 3.63) is 53.6 Å². The lowest BCUT2D eigenvalue weighted by atomic mass is 9.96. The van der Waals surface area contributed by atoms with Gasteiger partial charge in [0.25, 0.3) is 5.91 Å². The molecule has 22 heteroatoms.